The number of hydrogen-bond acceptors (Lipinski definition) is 3. The van der Waals surface area contributed by atoms with Crippen LogP contribution in [0.5, 0.6) is 5.75 Å². The van der Waals surface area contributed by atoms with Crippen LogP contribution in [0.2, 0.25) is 0 Å². The maximum atomic E-state index is 13.1. The lowest BCUT2D eigenvalue weighted by Crippen LogP contribution is -2.29. The van der Waals surface area contributed by atoms with Crippen LogP contribution in [0.4, 0.5) is 0 Å². The first-order valence-corrected chi connectivity index (χ1v) is 10.5. The maximum Gasteiger partial charge on any atom is 0.241 e. The smallest absolute Gasteiger partial charge is 0.241 e. The van der Waals surface area contributed by atoms with Gasteiger partial charge in [0.15, 0.2) is 0 Å². The van der Waals surface area contributed by atoms with Gasteiger partial charge in [-0.25, -0.2) is 13.1 Å². The fraction of sp³-hybridized carbons (Fsp3) is 0.429. The molecule has 0 saturated carbocycles. The molecular weight excluding hydrogens is 346 g/mol. The van der Waals surface area contributed by atoms with E-state index in [1.165, 1.54) is 0 Å². The second-order valence-corrected chi connectivity index (χ2v) is 8.64. The summed E-state index contributed by atoms with van der Waals surface area (Å²) in [6.45, 7) is 9.84. The molecule has 0 aliphatic carbocycles. The van der Waals surface area contributed by atoms with E-state index in [0.717, 1.165) is 22.4 Å². The van der Waals surface area contributed by atoms with E-state index >= 15 is 0 Å². The Morgan fingerprint density at radius 3 is 2.23 bits per heavy atom. The van der Waals surface area contributed by atoms with E-state index in [0.29, 0.717) is 16.9 Å². The van der Waals surface area contributed by atoms with Gasteiger partial charge in [-0.1, -0.05) is 45.0 Å². The highest BCUT2D eigenvalue weighted by atomic mass is 32.2. The highest BCUT2D eigenvalue weighted by molar-refractivity contribution is 7.89. The van der Waals surface area contributed by atoms with Gasteiger partial charge in [-0.15, -0.1) is 0 Å². The van der Waals surface area contributed by atoms with Gasteiger partial charge in [0.1, 0.15) is 5.75 Å². The van der Waals surface area contributed by atoms with Gasteiger partial charge >= 0.3 is 0 Å². The van der Waals surface area contributed by atoms with Crippen molar-refractivity contribution in [3.05, 3.63) is 58.7 Å². The minimum Gasteiger partial charge on any atom is -0.496 e. The van der Waals surface area contributed by atoms with Crippen molar-refractivity contribution in [2.45, 2.75) is 57.9 Å². The quantitative estimate of drug-likeness (QED) is 0.751. The van der Waals surface area contributed by atoms with E-state index in [1.807, 2.05) is 52.0 Å². The molecule has 0 amide bonds. The van der Waals surface area contributed by atoms with Gasteiger partial charge in [0.2, 0.25) is 10.0 Å². The van der Waals surface area contributed by atoms with E-state index in [1.54, 1.807) is 26.2 Å². The van der Waals surface area contributed by atoms with E-state index in [-0.39, 0.29) is 12.0 Å². The molecule has 142 valence electrons. The molecule has 0 unspecified atom stereocenters. The zero-order valence-electron chi connectivity index (χ0n) is 16.5. The molecule has 0 radical (unpaired) electrons. The maximum absolute atomic E-state index is 13.1. The summed E-state index contributed by atoms with van der Waals surface area (Å²) in [6.07, 6.45) is 0.677. The predicted octanol–water partition coefficient (Wildman–Crippen LogP) is 4.87. The van der Waals surface area contributed by atoms with Crippen LogP contribution < -0.4 is 9.46 Å². The molecule has 0 aliphatic heterocycles. The zero-order valence-corrected chi connectivity index (χ0v) is 17.3. The number of hydrogen-bond donors (Lipinski definition) is 1. The summed E-state index contributed by atoms with van der Waals surface area (Å²) in [5, 5.41) is 0. The molecule has 2 aromatic carbocycles. The van der Waals surface area contributed by atoms with Crippen molar-refractivity contribution in [3.8, 4) is 5.75 Å². The summed E-state index contributed by atoms with van der Waals surface area (Å²) in [5.74, 6) is 0.889. The molecule has 2 aromatic rings. The third-order valence-corrected chi connectivity index (χ3v) is 6.32. The van der Waals surface area contributed by atoms with Crippen molar-refractivity contribution in [1.29, 1.82) is 0 Å². The van der Waals surface area contributed by atoms with Crippen molar-refractivity contribution < 1.29 is 13.2 Å². The Labute approximate surface area is 157 Å². The molecule has 0 fully saturated rings. The summed E-state index contributed by atoms with van der Waals surface area (Å²) in [5.41, 5.74) is 3.66. The van der Waals surface area contributed by atoms with Crippen LogP contribution >= 0.6 is 0 Å². The first kappa shape index (κ1) is 20.5. The molecule has 1 N–H and O–H groups in total. The Morgan fingerprint density at radius 2 is 1.69 bits per heavy atom. The van der Waals surface area contributed by atoms with E-state index in [9.17, 15) is 8.42 Å². The minimum atomic E-state index is -3.65. The number of benzene rings is 2. The third-order valence-electron chi connectivity index (χ3n) is 4.71. The molecule has 4 nitrogen and oxygen atoms in total. The van der Waals surface area contributed by atoms with Gasteiger partial charge in [-0.3, -0.25) is 0 Å². The molecule has 0 aromatic heterocycles. The summed E-state index contributed by atoms with van der Waals surface area (Å²) < 4.78 is 34.6. The van der Waals surface area contributed by atoms with Gasteiger partial charge in [-0.05, 0) is 60.6 Å². The van der Waals surface area contributed by atoms with Crippen molar-refractivity contribution >= 4 is 10.0 Å². The number of methoxy groups -OCH3 is 1. The standard InChI is InChI=1S/C21H29NO3S/c1-7-19(17-11-9-8-10-15(17)4)22-26(23,24)21-13-18(14(2)3)20(25-6)12-16(21)5/h8-14,19,22H,7H2,1-6H3/t19-/m1/s1. The van der Waals surface area contributed by atoms with E-state index in [4.69, 9.17) is 4.74 Å². The van der Waals surface area contributed by atoms with E-state index in [2.05, 4.69) is 4.72 Å². The first-order chi connectivity index (χ1) is 12.2. The average Bonchev–Trinajstić information content (AvgIpc) is 2.59. The van der Waals surface area contributed by atoms with Gasteiger partial charge in [0, 0.05) is 6.04 Å². The van der Waals surface area contributed by atoms with Crippen LogP contribution in [-0.2, 0) is 10.0 Å². The fourth-order valence-corrected chi connectivity index (χ4v) is 4.75. The van der Waals surface area contributed by atoms with Crippen LogP contribution in [0.25, 0.3) is 0 Å². The SMILES string of the molecule is CC[C@@H](NS(=O)(=O)c1cc(C(C)C)c(OC)cc1C)c1ccccc1C. The van der Waals surface area contributed by atoms with Crippen molar-refractivity contribution in [2.24, 2.45) is 0 Å². The van der Waals surface area contributed by atoms with Gasteiger partial charge in [-0.2, -0.15) is 0 Å². The van der Waals surface area contributed by atoms with Gasteiger partial charge < -0.3 is 4.74 Å². The Bertz CT molecular complexity index is 873. The van der Waals surface area contributed by atoms with Crippen LogP contribution in [0.3, 0.4) is 0 Å². The number of aryl methyl sites for hydroxylation is 2. The Kier molecular flexibility index (Phi) is 6.48. The second kappa shape index (κ2) is 8.23. The molecule has 0 saturated heterocycles. The zero-order chi connectivity index (χ0) is 19.5. The third kappa shape index (κ3) is 4.27. The number of sulfonamides is 1. The Balaban J connectivity index is 2.47. The summed E-state index contributed by atoms with van der Waals surface area (Å²) in [6, 6.07) is 11.2. The number of ether oxygens (including phenoxy) is 1. The lowest BCUT2D eigenvalue weighted by atomic mass is 10.0. The molecule has 0 aliphatic rings. The fourth-order valence-electron chi connectivity index (χ4n) is 3.19. The normalized spacial score (nSPS) is 13.0. The average molecular weight is 376 g/mol. The van der Waals surface area contributed by atoms with Crippen molar-refractivity contribution in [3.63, 3.8) is 0 Å². The molecule has 0 bridgehead atoms. The topological polar surface area (TPSA) is 55.4 Å². The largest absolute Gasteiger partial charge is 0.496 e. The molecule has 0 spiro atoms. The summed E-state index contributed by atoms with van der Waals surface area (Å²) in [4.78, 5) is 0.314. The molecule has 5 heteroatoms. The van der Waals surface area contributed by atoms with Gasteiger partial charge in [0.05, 0.1) is 12.0 Å². The minimum absolute atomic E-state index is 0.165. The molecule has 2 rings (SSSR count). The predicted molar refractivity (Wildman–Crippen MR) is 106 cm³/mol. The molecular formula is C21H29NO3S. The Hall–Kier alpha value is -1.85. The van der Waals surface area contributed by atoms with Gasteiger partial charge in [0.25, 0.3) is 0 Å². The van der Waals surface area contributed by atoms with Crippen molar-refractivity contribution in [2.75, 3.05) is 7.11 Å². The highest BCUT2D eigenvalue weighted by Gasteiger charge is 2.25. The van der Waals surface area contributed by atoms with Crippen LogP contribution in [-0.4, -0.2) is 15.5 Å². The summed E-state index contributed by atoms with van der Waals surface area (Å²) >= 11 is 0. The first-order valence-electron chi connectivity index (χ1n) is 8.97. The lowest BCUT2D eigenvalue weighted by molar-refractivity contribution is 0.406. The lowest BCUT2D eigenvalue weighted by Gasteiger charge is -2.21. The highest BCUT2D eigenvalue weighted by Crippen LogP contribution is 2.32. The monoisotopic (exact) mass is 375 g/mol. The number of rotatable bonds is 7. The molecule has 26 heavy (non-hydrogen) atoms. The van der Waals surface area contributed by atoms with Crippen LogP contribution in [0, 0.1) is 13.8 Å². The van der Waals surface area contributed by atoms with Crippen LogP contribution in [0.1, 0.15) is 61.4 Å². The molecule has 1 atom stereocenters. The summed E-state index contributed by atoms with van der Waals surface area (Å²) in [7, 11) is -2.04. The molecule has 0 heterocycles. The van der Waals surface area contributed by atoms with E-state index < -0.39 is 10.0 Å². The van der Waals surface area contributed by atoms with Crippen molar-refractivity contribution in [1.82, 2.24) is 4.72 Å². The van der Waals surface area contributed by atoms with Crippen LogP contribution in [0.15, 0.2) is 41.3 Å². The second-order valence-electron chi connectivity index (χ2n) is 6.95. The Morgan fingerprint density at radius 1 is 1.04 bits per heavy atom. The number of nitrogens with one attached hydrogen (secondary N) is 1.